The van der Waals surface area contributed by atoms with Gasteiger partial charge in [0.15, 0.2) is 0 Å². The molecule has 0 aromatic carbocycles. The minimum Gasteiger partial charge on any atom is -0.315 e. The number of rotatable bonds is 7. The number of aromatic nitrogens is 2. The van der Waals surface area contributed by atoms with E-state index in [4.69, 9.17) is 0 Å². The Kier molecular flexibility index (Phi) is 4.51. The molecule has 17 heavy (non-hydrogen) atoms. The summed E-state index contributed by atoms with van der Waals surface area (Å²) in [6.07, 6.45) is 4.99. The molecule has 2 rings (SSSR count). The molecule has 0 saturated heterocycles. The Morgan fingerprint density at radius 1 is 1.29 bits per heavy atom. The van der Waals surface area contributed by atoms with E-state index in [2.05, 4.69) is 36.3 Å². The standard InChI is InChI=1S/C13H23N3S/c1-9(2)14-8-4-5-12-15-16-13(17-12)10(3)11-6-7-11/h9-11,14H,4-8H2,1-3H3. The van der Waals surface area contributed by atoms with E-state index in [0.29, 0.717) is 12.0 Å². The van der Waals surface area contributed by atoms with Crippen LogP contribution >= 0.6 is 11.3 Å². The highest BCUT2D eigenvalue weighted by molar-refractivity contribution is 7.11. The van der Waals surface area contributed by atoms with Crippen LogP contribution < -0.4 is 5.32 Å². The van der Waals surface area contributed by atoms with Gasteiger partial charge in [-0.2, -0.15) is 0 Å². The summed E-state index contributed by atoms with van der Waals surface area (Å²) in [5.74, 6) is 1.52. The highest BCUT2D eigenvalue weighted by Gasteiger charge is 2.31. The van der Waals surface area contributed by atoms with Gasteiger partial charge in [0.05, 0.1) is 0 Å². The van der Waals surface area contributed by atoms with Crippen molar-refractivity contribution in [2.45, 2.75) is 58.4 Å². The third kappa shape index (κ3) is 4.03. The molecular weight excluding hydrogens is 230 g/mol. The second-order valence-corrected chi connectivity index (χ2v) is 6.47. The highest BCUT2D eigenvalue weighted by atomic mass is 32.1. The molecule has 4 heteroatoms. The predicted octanol–water partition coefficient (Wildman–Crippen LogP) is 2.98. The molecule has 1 aromatic heterocycles. The molecule has 96 valence electrons. The van der Waals surface area contributed by atoms with Gasteiger partial charge in [0.2, 0.25) is 0 Å². The van der Waals surface area contributed by atoms with Crippen molar-refractivity contribution in [1.82, 2.24) is 15.5 Å². The molecule has 0 spiro atoms. The van der Waals surface area contributed by atoms with E-state index in [1.807, 2.05) is 11.3 Å². The van der Waals surface area contributed by atoms with Gasteiger partial charge in [0.25, 0.3) is 0 Å². The Morgan fingerprint density at radius 2 is 2.06 bits per heavy atom. The van der Waals surface area contributed by atoms with Crippen molar-refractivity contribution in [2.24, 2.45) is 5.92 Å². The van der Waals surface area contributed by atoms with Crippen LogP contribution in [-0.4, -0.2) is 22.8 Å². The summed E-state index contributed by atoms with van der Waals surface area (Å²) in [7, 11) is 0. The fraction of sp³-hybridized carbons (Fsp3) is 0.846. The van der Waals surface area contributed by atoms with Crippen molar-refractivity contribution >= 4 is 11.3 Å². The van der Waals surface area contributed by atoms with Crippen LogP contribution in [0, 0.1) is 5.92 Å². The molecule has 0 amide bonds. The Balaban J connectivity index is 1.74. The second kappa shape index (κ2) is 5.91. The quantitative estimate of drug-likeness (QED) is 0.759. The van der Waals surface area contributed by atoms with Gasteiger partial charge in [-0.15, -0.1) is 21.5 Å². The van der Waals surface area contributed by atoms with Crippen LogP contribution in [0.4, 0.5) is 0 Å². The van der Waals surface area contributed by atoms with Gasteiger partial charge in [0.1, 0.15) is 10.0 Å². The molecule has 1 aromatic rings. The molecule has 1 atom stereocenters. The third-order valence-corrected chi connectivity index (χ3v) is 4.51. The van der Waals surface area contributed by atoms with E-state index >= 15 is 0 Å². The molecule has 1 saturated carbocycles. The number of nitrogens with zero attached hydrogens (tertiary/aromatic N) is 2. The van der Waals surface area contributed by atoms with Gasteiger partial charge in [0, 0.05) is 18.4 Å². The van der Waals surface area contributed by atoms with Gasteiger partial charge in [-0.3, -0.25) is 0 Å². The first-order chi connectivity index (χ1) is 8.16. The first-order valence-electron chi connectivity index (χ1n) is 6.72. The fourth-order valence-electron chi connectivity index (χ4n) is 1.98. The first-order valence-corrected chi connectivity index (χ1v) is 7.54. The maximum atomic E-state index is 4.34. The van der Waals surface area contributed by atoms with Crippen LogP contribution in [0.2, 0.25) is 0 Å². The van der Waals surface area contributed by atoms with Crippen LogP contribution in [0.3, 0.4) is 0 Å². The molecule has 1 aliphatic rings. The van der Waals surface area contributed by atoms with E-state index in [0.717, 1.165) is 25.3 Å². The Hall–Kier alpha value is -0.480. The summed E-state index contributed by atoms with van der Waals surface area (Å²) in [5, 5.41) is 14.5. The molecule has 1 aliphatic carbocycles. The number of nitrogens with one attached hydrogen (secondary N) is 1. The van der Waals surface area contributed by atoms with E-state index in [9.17, 15) is 0 Å². The lowest BCUT2D eigenvalue weighted by Crippen LogP contribution is -2.23. The third-order valence-electron chi connectivity index (χ3n) is 3.32. The number of aryl methyl sites for hydroxylation is 1. The maximum Gasteiger partial charge on any atom is 0.120 e. The zero-order valence-corrected chi connectivity index (χ0v) is 11.9. The van der Waals surface area contributed by atoms with E-state index in [1.54, 1.807) is 0 Å². The van der Waals surface area contributed by atoms with Gasteiger partial charge >= 0.3 is 0 Å². The van der Waals surface area contributed by atoms with Crippen LogP contribution in [0.15, 0.2) is 0 Å². The minimum absolute atomic E-state index is 0.579. The fourth-order valence-corrected chi connectivity index (χ4v) is 3.01. The van der Waals surface area contributed by atoms with Crippen molar-refractivity contribution in [1.29, 1.82) is 0 Å². The van der Waals surface area contributed by atoms with Gasteiger partial charge in [-0.1, -0.05) is 20.8 Å². The molecule has 0 bridgehead atoms. The predicted molar refractivity (Wildman–Crippen MR) is 72.5 cm³/mol. The van der Waals surface area contributed by atoms with Crippen LogP contribution in [0.5, 0.6) is 0 Å². The van der Waals surface area contributed by atoms with Crippen LogP contribution in [-0.2, 0) is 6.42 Å². The van der Waals surface area contributed by atoms with Crippen molar-refractivity contribution in [3.8, 4) is 0 Å². The summed E-state index contributed by atoms with van der Waals surface area (Å²) in [6.45, 7) is 7.73. The normalized spacial score (nSPS) is 17.6. The lowest BCUT2D eigenvalue weighted by Gasteiger charge is -2.06. The smallest absolute Gasteiger partial charge is 0.120 e. The lowest BCUT2D eigenvalue weighted by molar-refractivity contribution is 0.569. The van der Waals surface area contributed by atoms with Crippen molar-refractivity contribution in [3.05, 3.63) is 10.0 Å². The molecule has 0 radical (unpaired) electrons. The first kappa shape index (κ1) is 13.0. The lowest BCUT2D eigenvalue weighted by atomic mass is 10.1. The monoisotopic (exact) mass is 253 g/mol. The molecule has 1 heterocycles. The number of hydrogen-bond donors (Lipinski definition) is 1. The molecular formula is C13H23N3S. The number of hydrogen-bond acceptors (Lipinski definition) is 4. The summed E-state index contributed by atoms with van der Waals surface area (Å²) in [6, 6.07) is 0.579. The zero-order valence-electron chi connectivity index (χ0n) is 11.1. The van der Waals surface area contributed by atoms with Crippen LogP contribution in [0.25, 0.3) is 0 Å². The van der Waals surface area contributed by atoms with Gasteiger partial charge in [-0.05, 0) is 31.7 Å². The van der Waals surface area contributed by atoms with Crippen molar-refractivity contribution < 1.29 is 0 Å². The minimum atomic E-state index is 0.579. The summed E-state index contributed by atoms with van der Waals surface area (Å²) in [4.78, 5) is 0. The average Bonchev–Trinajstić information content (AvgIpc) is 3.03. The summed E-state index contributed by atoms with van der Waals surface area (Å²) in [5.41, 5.74) is 0. The summed E-state index contributed by atoms with van der Waals surface area (Å²) < 4.78 is 0. The Labute approximate surface area is 108 Å². The van der Waals surface area contributed by atoms with Gasteiger partial charge < -0.3 is 5.32 Å². The molecule has 1 unspecified atom stereocenters. The van der Waals surface area contributed by atoms with E-state index in [-0.39, 0.29) is 0 Å². The molecule has 1 N–H and O–H groups in total. The average molecular weight is 253 g/mol. The Morgan fingerprint density at radius 3 is 2.71 bits per heavy atom. The highest BCUT2D eigenvalue weighted by Crippen LogP contribution is 2.42. The van der Waals surface area contributed by atoms with Crippen LogP contribution in [0.1, 0.15) is 56.0 Å². The SMILES string of the molecule is CC(C)NCCCc1nnc(C(C)C2CC2)s1. The van der Waals surface area contributed by atoms with E-state index < -0.39 is 0 Å². The maximum absolute atomic E-state index is 4.34. The molecule has 1 fully saturated rings. The largest absolute Gasteiger partial charge is 0.315 e. The summed E-state index contributed by atoms with van der Waals surface area (Å²) >= 11 is 1.82. The molecule has 0 aliphatic heterocycles. The topological polar surface area (TPSA) is 37.8 Å². The van der Waals surface area contributed by atoms with Crippen molar-refractivity contribution in [2.75, 3.05) is 6.54 Å². The van der Waals surface area contributed by atoms with Gasteiger partial charge in [-0.25, -0.2) is 0 Å². The second-order valence-electron chi connectivity index (χ2n) is 5.37. The Bertz CT molecular complexity index is 344. The van der Waals surface area contributed by atoms with Crippen molar-refractivity contribution in [3.63, 3.8) is 0 Å². The molecule has 3 nitrogen and oxygen atoms in total. The van der Waals surface area contributed by atoms with E-state index in [1.165, 1.54) is 22.9 Å². The zero-order chi connectivity index (χ0) is 12.3.